The molecule has 3 aromatic carbocycles. The summed E-state index contributed by atoms with van der Waals surface area (Å²) >= 11 is 0. The van der Waals surface area contributed by atoms with Gasteiger partial charge in [-0.3, -0.25) is 0 Å². The van der Waals surface area contributed by atoms with Crippen LogP contribution in [0.15, 0.2) is 76.4 Å². The number of oxime groups is 1. The van der Waals surface area contributed by atoms with Gasteiger partial charge >= 0.3 is 12.1 Å². The Hall–Kier alpha value is -4.34. The molecule has 1 aromatic heterocycles. The summed E-state index contributed by atoms with van der Waals surface area (Å²) in [5, 5.41) is 9.57. The molecule has 7 nitrogen and oxygen atoms in total. The maximum absolute atomic E-state index is 12.9. The van der Waals surface area contributed by atoms with Crippen molar-refractivity contribution in [3.05, 3.63) is 83.6 Å². The Morgan fingerprint density at radius 2 is 1.81 bits per heavy atom. The smallest absolute Gasteiger partial charge is 0.416 e. The van der Waals surface area contributed by atoms with Gasteiger partial charge in [0.1, 0.15) is 24.7 Å². The number of carbonyl (C=O) groups excluding carboxylic acids is 1. The minimum atomic E-state index is -4.43. The van der Waals surface area contributed by atoms with Crippen molar-refractivity contribution in [2.24, 2.45) is 5.16 Å². The minimum absolute atomic E-state index is 0.0929. The van der Waals surface area contributed by atoms with Gasteiger partial charge in [-0.15, -0.1) is 0 Å². The van der Waals surface area contributed by atoms with Crippen molar-refractivity contribution in [2.45, 2.75) is 19.5 Å². The third kappa shape index (κ3) is 6.08. The van der Waals surface area contributed by atoms with Crippen molar-refractivity contribution in [1.82, 2.24) is 5.16 Å². The molecule has 0 unspecified atom stereocenters. The number of rotatable bonds is 9. The van der Waals surface area contributed by atoms with E-state index in [4.69, 9.17) is 18.8 Å². The molecule has 0 saturated carbocycles. The molecule has 10 heteroatoms. The Kier molecular flexibility index (Phi) is 7.76. The predicted molar refractivity (Wildman–Crippen MR) is 131 cm³/mol. The summed E-state index contributed by atoms with van der Waals surface area (Å²) in [6.45, 7) is 2.18. The van der Waals surface area contributed by atoms with E-state index in [1.54, 1.807) is 18.2 Å². The second-order valence-electron chi connectivity index (χ2n) is 7.99. The average Bonchev–Trinajstić information content (AvgIpc) is 3.39. The van der Waals surface area contributed by atoms with E-state index in [-0.39, 0.29) is 18.1 Å². The number of benzene rings is 3. The molecule has 0 aliphatic carbocycles. The molecular weight excluding hydrogens is 489 g/mol. The molecule has 0 aliphatic rings. The lowest BCUT2D eigenvalue weighted by Gasteiger charge is -2.11. The average molecular weight is 512 g/mol. The number of halogens is 3. The summed E-state index contributed by atoms with van der Waals surface area (Å²) in [7, 11) is 1.30. The summed E-state index contributed by atoms with van der Waals surface area (Å²) in [5.41, 5.74) is 0.623. The minimum Gasteiger partial charge on any atom is -0.487 e. The summed E-state index contributed by atoms with van der Waals surface area (Å²) in [6, 6.07) is 16.8. The predicted octanol–water partition coefficient (Wildman–Crippen LogP) is 6.51. The van der Waals surface area contributed by atoms with Crippen LogP contribution in [0.4, 0.5) is 13.2 Å². The number of nitrogens with zero attached hydrogens (tertiary/aromatic N) is 2. The van der Waals surface area contributed by atoms with Gasteiger partial charge in [-0.25, -0.2) is 4.79 Å². The molecular formula is C27H23F3N2O5. The highest BCUT2D eigenvalue weighted by Crippen LogP contribution is 2.31. The van der Waals surface area contributed by atoms with Crippen molar-refractivity contribution < 1.29 is 36.8 Å². The Morgan fingerprint density at radius 1 is 1.05 bits per heavy atom. The Balaban J connectivity index is 1.59. The number of aromatic nitrogens is 1. The standard InChI is InChI=1S/C27H23F3N2O5/c1-3-12-36-31-24(25-15-23(32-37-25)17-8-10-19(11-9-17)27(28,29)30)16-35-20-13-18-6-4-5-7-21(18)22(14-20)26(33)34-2/h4-11,13-15H,3,12,16H2,1-2H3/b31-24+. The van der Waals surface area contributed by atoms with Crippen LogP contribution in [-0.2, 0) is 15.8 Å². The lowest BCUT2D eigenvalue weighted by Crippen LogP contribution is -2.14. The fraction of sp³-hybridized carbons (Fsp3) is 0.222. The van der Waals surface area contributed by atoms with Crippen molar-refractivity contribution in [1.29, 1.82) is 0 Å². The van der Waals surface area contributed by atoms with E-state index in [1.165, 1.54) is 19.2 Å². The number of ether oxygens (including phenoxy) is 2. The van der Waals surface area contributed by atoms with Crippen molar-refractivity contribution in [3.63, 3.8) is 0 Å². The fourth-order valence-corrected chi connectivity index (χ4v) is 3.53. The van der Waals surface area contributed by atoms with Gasteiger partial charge in [0.25, 0.3) is 0 Å². The van der Waals surface area contributed by atoms with E-state index < -0.39 is 17.7 Å². The summed E-state index contributed by atoms with van der Waals surface area (Å²) in [5.74, 6) is 0.114. The topological polar surface area (TPSA) is 83.2 Å². The van der Waals surface area contributed by atoms with Crippen molar-refractivity contribution in [2.75, 3.05) is 20.3 Å². The van der Waals surface area contributed by atoms with Crippen LogP contribution in [0.3, 0.4) is 0 Å². The van der Waals surface area contributed by atoms with Crippen LogP contribution in [0.5, 0.6) is 5.75 Å². The van der Waals surface area contributed by atoms with Gasteiger partial charge in [-0.2, -0.15) is 13.2 Å². The number of hydrogen-bond acceptors (Lipinski definition) is 7. The fourth-order valence-electron chi connectivity index (χ4n) is 3.53. The molecule has 192 valence electrons. The highest BCUT2D eigenvalue weighted by molar-refractivity contribution is 6.05. The first-order valence-corrected chi connectivity index (χ1v) is 11.4. The summed E-state index contributed by atoms with van der Waals surface area (Å²) in [6.07, 6.45) is -3.71. The Morgan fingerprint density at radius 3 is 2.51 bits per heavy atom. The lowest BCUT2D eigenvalue weighted by atomic mass is 10.0. The number of fused-ring (bicyclic) bond motifs is 1. The van der Waals surface area contributed by atoms with Gasteiger partial charge in [-0.05, 0) is 41.5 Å². The van der Waals surface area contributed by atoms with E-state index in [1.807, 2.05) is 31.2 Å². The molecule has 37 heavy (non-hydrogen) atoms. The molecule has 1 heterocycles. The van der Waals surface area contributed by atoms with Crippen LogP contribution in [0.1, 0.15) is 35.0 Å². The first kappa shape index (κ1) is 25.7. The normalized spacial score (nSPS) is 12.0. The van der Waals surface area contributed by atoms with Gasteiger partial charge in [0.15, 0.2) is 11.5 Å². The van der Waals surface area contributed by atoms with E-state index in [0.717, 1.165) is 29.3 Å². The molecule has 4 rings (SSSR count). The third-order valence-electron chi connectivity index (χ3n) is 5.39. The molecule has 0 bridgehead atoms. The van der Waals surface area contributed by atoms with Crippen LogP contribution in [0, 0.1) is 0 Å². The first-order valence-electron chi connectivity index (χ1n) is 11.4. The van der Waals surface area contributed by atoms with Gasteiger partial charge in [-0.1, -0.05) is 53.6 Å². The molecule has 0 atom stereocenters. The molecule has 0 fully saturated rings. The highest BCUT2D eigenvalue weighted by Gasteiger charge is 2.30. The molecule has 0 amide bonds. The zero-order valence-corrected chi connectivity index (χ0v) is 20.0. The molecule has 0 N–H and O–H groups in total. The Bertz CT molecular complexity index is 1410. The zero-order valence-electron chi connectivity index (χ0n) is 20.0. The first-order chi connectivity index (χ1) is 17.8. The Labute approximate surface area is 210 Å². The van der Waals surface area contributed by atoms with E-state index in [9.17, 15) is 18.0 Å². The number of carbonyl (C=O) groups is 1. The van der Waals surface area contributed by atoms with Crippen LogP contribution < -0.4 is 4.74 Å². The second kappa shape index (κ2) is 11.2. The summed E-state index contributed by atoms with van der Waals surface area (Å²) in [4.78, 5) is 17.6. The van der Waals surface area contributed by atoms with Gasteiger partial charge < -0.3 is 18.8 Å². The molecule has 0 saturated heterocycles. The monoisotopic (exact) mass is 512 g/mol. The second-order valence-corrected chi connectivity index (χ2v) is 7.99. The molecule has 0 radical (unpaired) electrons. The maximum atomic E-state index is 12.9. The number of methoxy groups -OCH3 is 1. The van der Waals surface area contributed by atoms with Crippen molar-refractivity contribution in [3.8, 4) is 17.0 Å². The third-order valence-corrected chi connectivity index (χ3v) is 5.39. The largest absolute Gasteiger partial charge is 0.487 e. The van der Waals surface area contributed by atoms with E-state index >= 15 is 0 Å². The van der Waals surface area contributed by atoms with Crippen molar-refractivity contribution >= 4 is 22.5 Å². The number of alkyl halides is 3. The van der Waals surface area contributed by atoms with Crippen LogP contribution in [-0.4, -0.2) is 37.2 Å². The molecule has 0 spiro atoms. The molecule has 4 aromatic rings. The SMILES string of the molecule is CCCO/N=C(\COc1cc(C(=O)OC)c2ccccc2c1)c1cc(-c2ccc(C(F)(F)F)cc2)no1. The van der Waals surface area contributed by atoms with E-state index in [0.29, 0.717) is 29.2 Å². The molecule has 0 aliphatic heterocycles. The van der Waals surface area contributed by atoms with Crippen LogP contribution in [0.2, 0.25) is 0 Å². The van der Waals surface area contributed by atoms with Gasteiger partial charge in [0, 0.05) is 11.6 Å². The lowest BCUT2D eigenvalue weighted by molar-refractivity contribution is -0.137. The van der Waals surface area contributed by atoms with Crippen LogP contribution in [0.25, 0.3) is 22.0 Å². The maximum Gasteiger partial charge on any atom is 0.416 e. The summed E-state index contributed by atoms with van der Waals surface area (Å²) < 4.78 is 54.9. The van der Waals surface area contributed by atoms with Gasteiger partial charge in [0.05, 0.1) is 18.2 Å². The quantitative estimate of drug-likeness (QED) is 0.110. The number of hydrogen-bond donors (Lipinski definition) is 0. The van der Waals surface area contributed by atoms with E-state index in [2.05, 4.69) is 10.3 Å². The number of esters is 1. The van der Waals surface area contributed by atoms with Crippen LogP contribution >= 0.6 is 0 Å². The highest BCUT2D eigenvalue weighted by atomic mass is 19.4. The van der Waals surface area contributed by atoms with Gasteiger partial charge in [0.2, 0.25) is 0 Å². The zero-order chi connectivity index (χ0) is 26.4.